The van der Waals surface area contributed by atoms with Crippen LogP contribution in [0.15, 0.2) is 54.6 Å². The third-order valence-electron chi connectivity index (χ3n) is 5.16. The normalized spacial score (nSPS) is 19.6. The van der Waals surface area contributed by atoms with E-state index in [-0.39, 0.29) is 6.23 Å². The van der Waals surface area contributed by atoms with Crippen molar-refractivity contribution in [3.05, 3.63) is 76.9 Å². The Morgan fingerprint density at radius 3 is 2.91 bits per heavy atom. The van der Waals surface area contributed by atoms with Crippen molar-refractivity contribution < 1.29 is 4.74 Å². The summed E-state index contributed by atoms with van der Waals surface area (Å²) in [5.74, 6) is 1.04. The Kier molecular flexibility index (Phi) is 2.77. The van der Waals surface area contributed by atoms with E-state index >= 15 is 0 Å². The van der Waals surface area contributed by atoms with Crippen LogP contribution in [0.1, 0.15) is 28.5 Å². The molecule has 2 nitrogen and oxygen atoms in total. The molecule has 1 unspecified atom stereocenters. The summed E-state index contributed by atoms with van der Waals surface area (Å²) < 4.78 is 6.43. The van der Waals surface area contributed by atoms with Crippen molar-refractivity contribution in [3.63, 3.8) is 0 Å². The van der Waals surface area contributed by atoms with Crippen LogP contribution in [0.25, 0.3) is 10.8 Å². The number of hydrogen-bond acceptors (Lipinski definition) is 2. The van der Waals surface area contributed by atoms with Gasteiger partial charge < -0.3 is 4.74 Å². The molecule has 0 aromatic heterocycles. The molecular formula is C21H19NO. The number of benzene rings is 3. The first-order valence-corrected chi connectivity index (χ1v) is 8.30. The van der Waals surface area contributed by atoms with Gasteiger partial charge in [-0.15, -0.1) is 0 Å². The van der Waals surface area contributed by atoms with Crippen molar-refractivity contribution in [1.29, 1.82) is 0 Å². The lowest BCUT2D eigenvalue weighted by Crippen LogP contribution is -2.40. The number of nitrogens with zero attached hydrogens (tertiary/aromatic N) is 1. The highest BCUT2D eigenvalue weighted by Crippen LogP contribution is 2.41. The van der Waals surface area contributed by atoms with E-state index in [2.05, 4.69) is 66.4 Å². The van der Waals surface area contributed by atoms with Gasteiger partial charge in [-0.05, 0) is 35.7 Å². The van der Waals surface area contributed by atoms with Crippen molar-refractivity contribution in [3.8, 4) is 5.75 Å². The minimum absolute atomic E-state index is 0.0651. The van der Waals surface area contributed by atoms with Crippen LogP contribution in [-0.2, 0) is 13.0 Å². The Hall–Kier alpha value is -2.32. The molecule has 0 radical (unpaired) electrons. The average Bonchev–Trinajstić information content (AvgIpc) is 2.59. The van der Waals surface area contributed by atoms with Crippen LogP contribution in [0, 0.1) is 6.92 Å². The Morgan fingerprint density at radius 2 is 1.96 bits per heavy atom. The highest BCUT2D eigenvalue weighted by atomic mass is 16.5. The molecule has 3 aromatic carbocycles. The summed E-state index contributed by atoms with van der Waals surface area (Å²) in [7, 11) is 0. The third kappa shape index (κ3) is 1.98. The molecule has 1 atom stereocenters. The van der Waals surface area contributed by atoms with E-state index in [1.54, 1.807) is 0 Å². The summed E-state index contributed by atoms with van der Waals surface area (Å²) in [6.45, 7) is 4.17. The van der Waals surface area contributed by atoms with Crippen LogP contribution >= 0.6 is 0 Å². The van der Waals surface area contributed by atoms with E-state index < -0.39 is 0 Å². The van der Waals surface area contributed by atoms with Crippen molar-refractivity contribution >= 4 is 10.8 Å². The summed E-state index contributed by atoms with van der Waals surface area (Å²) in [4.78, 5) is 2.46. The molecule has 2 aliphatic rings. The highest BCUT2D eigenvalue weighted by molar-refractivity contribution is 5.88. The largest absolute Gasteiger partial charge is 0.471 e. The van der Waals surface area contributed by atoms with Crippen LogP contribution < -0.4 is 4.74 Å². The summed E-state index contributed by atoms with van der Waals surface area (Å²) in [6.07, 6.45) is 1.17. The zero-order valence-electron chi connectivity index (χ0n) is 13.3. The van der Waals surface area contributed by atoms with Gasteiger partial charge in [-0.1, -0.05) is 54.1 Å². The van der Waals surface area contributed by atoms with Gasteiger partial charge in [-0.25, -0.2) is 0 Å². The Balaban J connectivity index is 1.64. The quantitative estimate of drug-likeness (QED) is 0.602. The van der Waals surface area contributed by atoms with Gasteiger partial charge in [0, 0.05) is 24.2 Å². The molecule has 0 N–H and O–H groups in total. The molecule has 2 heteroatoms. The van der Waals surface area contributed by atoms with E-state index in [1.165, 1.54) is 33.0 Å². The second-order valence-electron chi connectivity index (χ2n) is 6.66. The molecule has 2 heterocycles. The molecule has 0 amide bonds. The fourth-order valence-corrected chi connectivity index (χ4v) is 3.97. The minimum atomic E-state index is 0.0651. The first-order valence-electron chi connectivity index (χ1n) is 8.30. The summed E-state index contributed by atoms with van der Waals surface area (Å²) in [5.41, 5.74) is 5.39. The molecule has 0 saturated carbocycles. The highest BCUT2D eigenvalue weighted by Gasteiger charge is 2.33. The van der Waals surface area contributed by atoms with Gasteiger partial charge >= 0.3 is 0 Å². The van der Waals surface area contributed by atoms with Gasteiger partial charge in [0.15, 0.2) is 6.23 Å². The van der Waals surface area contributed by atoms with Gasteiger partial charge in [-0.2, -0.15) is 0 Å². The van der Waals surface area contributed by atoms with Gasteiger partial charge in [0.25, 0.3) is 0 Å². The topological polar surface area (TPSA) is 12.5 Å². The minimum Gasteiger partial charge on any atom is -0.471 e. The van der Waals surface area contributed by atoms with E-state index in [0.717, 1.165) is 25.3 Å². The van der Waals surface area contributed by atoms with Crippen LogP contribution in [0.5, 0.6) is 5.75 Å². The molecule has 0 aliphatic carbocycles. The number of aryl methyl sites for hydroxylation is 1. The van der Waals surface area contributed by atoms with E-state index in [4.69, 9.17) is 4.74 Å². The lowest BCUT2D eigenvalue weighted by Gasteiger charge is -2.41. The Bertz CT molecular complexity index is 915. The maximum atomic E-state index is 6.43. The fourth-order valence-electron chi connectivity index (χ4n) is 3.97. The first-order chi connectivity index (χ1) is 11.3. The lowest BCUT2D eigenvalue weighted by atomic mass is 9.94. The van der Waals surface area contributed by atoms with Crippen molar-refractivity contribution in [2.75, 3.05) is 6.54 Å². The number of rotatable bonds is 0. The predicted molar refractivity (Wildman–Crippen MR) is 92.6 cm³/mol. The van der Waals surface area contributed by atoms with E-state index in [9.17, 15) is 0 Å². The standard InChI is InChI=1S/C21H19NO/c1-14-6-8-17-16(12-14)7-9-20-19(17)13-22-11-10-15-4-2-3-5-18(15)21(22)23-20/h2-9,12,21H,10-11,13H2,1H3. The summed E-state index contributed by atoms with van der Waals surface area (Å²) in [5, 5.41) is 2.63. The van der Waals surface area contributed by atoms with Crippen molar-refractivity contribution in [2.45, 2.75) is 26.1 Å². The van der Waals surface area contributed by atoms with E-state index in [1.807, 2.05) is 0 Å². The maximum absolute atomic E-state index is 6.43. The zero-order chi connectivity index (χ0) is 15.4. The molecule has 2 aliphatic heterocycles. The van der Waals surface area contributed by atoms with Crippen LogP contribution in [0.2, 0.25) is 0 Å². The average molecular weight is 301 g/mol. The summed E-state index contributed by atoms with van der Waals surface area (Å²) >= 11 is 0. The summed E-state index contributed by atoms with van der Waals surface area (Å²) in [6, 6.07) is 19.7. The third-order valence-corrected chi connectivity index (χ3v) is 5.16. The number of ether oxygens (including phenoxy) is 1. The smallest absolute Gasteiger partial charge is 0.179 e. The van der Waals surface area contributed by atoms with Crippen molar-refractivity contribution in [2.24, 2.45) is 0 Å². The molecule has 114 valence electrons. The first kappa shape index (κ1) is 13.1. The molecule has 0 fully saturated rings. The van der Waals surface area contributed by atoms with Gasteiger partial charge in [0.05, 0.1) is 0 Å². The second kappa shape index (κ2) is 4.84. The van der Waals surface area contributed by atoms with Gasteiger partial charge in [-0.3, -0.25) is 4.90 Å². The molecule has 3 aromatic rings. The maximum Gasteiger partial charge on any atom is 0.179 e. The molecule has 0 bridgehead atoms. The molecule has 23 heavy (non-hydrogen) atoms. The van der Waals surface area contributed by atoms with Crippen LogP contribution in [0.4, 0.5) is 0 Å². The van der Waals surface area contributed by atoms with E-state index in [0.29, 0.717) is 0 Å². The fraction of sp³-hybridized carbons (Fsp3) is 0.238. The molecular weight excluding hydrogens is 282 g/mol. The molecule has 0 spiro atoms. The Morgan fingerprint density at radius 1 is 1.04 bits per heavy atom. The molecule has 5 rings (SSSR count). The lowest BCUT2D eigenvalue weighted by molar-refractivity contribution is -0.00953. The molecule has 0 saturated heterocycles. The van der Waals surface area contributed by atoms with Crippen LogP contribution in [-0.4, -0.2) is 11.4 Å². The van der Waals surface area contributed by atoms with Crippen molar-refractivity contribution in [1.82, 2.24) is 4.90 Å². The van der Waals surface area contributed by atoms with Gasteiger partial charge in [0.1, 0.15) is 5.75 Å². The number of hydrogen-bond donors (Lipinski definition) is 0. The van der Waals surface area contributed by atoms with Gasteiger partial charge in [0.2, 0.25) is 0 Å². The Labute approximate surface area is 136 Å². The number of fused-ring (bicyclic) bond motifs is 6. The zero-order valence-corrected chi connectivity index (χ0v) is 13.3. The predicted octanol–water partition coefficient (Wildman–Crippen LogP) is 4.60. The van der Waals surface area contributed by atoms with Crippen LogP contribution in [0.3, 0.4) is 0 Å². The monoisotopic (exact) mass is 301 g/mol. The second-order valence-corrected chi connectivity index (χ2v) is 6.66. The SMILES string of the molecule is Cc1ccc2c3c(ccc2c1)OC1c2ccccc2CCN1C3.